The number of rotatable bonds is 6. The van der Waals surface area contributed by atoms with Crippen molar-refractivity contribution in [1.82, 2.24) is 19.0 Å². The Bertz CT molecular complexity index is 797. The van der Waals surface area contributed by atoms with Crippen molar-refractivity contribution in [2.45, 2.75) is 18.4 Å². The molecule has 1 aliphatic rings. The van der Waals surface area contributed by atoms with Gasteiger partial charge in [-0.05, 0) is 12.5 Å². The van der Waals surface area contributed by atoms with Crippen molar-refractivity contribution in [3.8, 4) is 0 Å². The van der Waals surface area contributed by atoms with Crippen molar-refractivity contribution in [2.75, 3.05) is 39.3 Å². The second kappa shape index (κ2) is 7.65. The van der Waals surface area contributed by atoms with E-state index in [0.717, 1.165) is 5.56 Å². The molecule has 0 saturated carbocycles. The molecule has 0 aliphatic carbocycles. The number of nitrogens with zero attached hydrogens (tertiary/aromatic N) is 4. The van der Waals surface area contributed by atoms with Gasteiger partial charge in [0.15, 0.2) is 0 Å². The molecule has 0 bridgehead atoms. The maximum atomic E-state index is 12.9. The van der Waals surface area contributed by atoms with Crippen LogP contribution in [0.1, 0.15) is 11.3 Å². The molecule has 0 spiro atoms. The molecular weight excluding hydrogens is 340 g/mol. The smallest absolute Gasteiger partial charge is 0.246 e. The van der Waals surface area contributed by atoms with Crippen LogP contribution in [0.25, 0.3) is 0 Å². The number of sulfonamides is 1. The summed E-state index contributed by atoms with van der Waals surface area (Å²) in [4.78, 5) is 2.34. The first-order valence-corrected chi connectivity index (χ1v) is 9.86. The van der Waals surface area contributed by atoms with Crippen LogP contribution in [-0.4, -0.2) is 71.8 Å². The SMILES string of the molecule is Cc1nn(Cc2ccccc2)cc1S(=O)(=O)N1CCN(CCO)CC1. The molecule has 1 N–H and O–H groups in total. The number of β-amino-alcohol motifs (C(OH)–C–C–N with tert-alkyl or cyclic N) is 1. The number of aromatic nitrogens is 2. The van der Waals surface area contributed by atoms with Crippen LogP contribution in [0.5, 0.6) is 0 Å². The molecule has 0 amide bonds. The maximum absolute atomic E-state index is 12.9. The van der Waals surface area contributed by atoms with Crippen molar-refractivity contribution in [2.24, 2.45) is 0 Å². The average molecular weight is 364 g/mol. The highest BCUT2D eigenvalue weighted by Crippen LogP contribution is 2.21. The molecule has 1 aromatic heterocycles. The highest BCUT2D eigenvalue weighted by Gasteiger charge is 2.31. The second-order valence-corrected chi connectivity index (χ2v) is 8.14. The number of hydrogen-bond acceptors (Lipinski definition) is 5. The third-order valence-corrected chi connectivity index (χ3v) is 6.46. The summed E-state index contributed by atoms with van der Waals surface area (Å²) in [5.41, 5.74) is 1.60. The Morgan fingerprint density at radius 3 is 2.44 bits per heavy atom. The highest BCUT2D eigenvalue weighted by atomic mass is 32.2. The number of benzene rings is 1. The highest BCUT2D eigenvalue weighted by molar-refractivity contribution is 7.89. The molecule has 2 aromatic rings. The molecule has 0 unspecified atom stereocenters. The van der Waals surface area contributed by atoms with Gasteiger partial charge < -0.3 is 5.11 Å². The predicted octanol–water partition coefficient (Wildman–Crippen LogP) is 0.538. The van der Waals surface area contributed by atoms with Crippen LogP contribution in [0.2, 0.25) is 0 Å². The Hall–Kier alpha value is -1.74. The Labute approximate surface area is 148 Å². The molecule has 0 atom stereocenters. The van der Waals surface area contributed by atoms with Crippen molar-refractivity contribution in [3.63, 3.8) is 0 Å². The Morgan fingerprint density at radius 1 is 1.12 bits per heavy atom. The number of aliphatic hydroxyl groups is 1. The van der Waals surface area contributed by atoms with E-state index < -0.39 is 10.0 Å². The topological polar surface area (TPSA) is 78.7 Å². The molecule has 3 rings (SSSR count). The molecule has 136 valence electrons. The van der Waals surface area contributed by atoms with Crippen LogP contribution >= 0.6 is 0 Å². The zero-order valence-electron chi connectivity index (χ0n) is 14.4. The lowest BCUT2D eigenvalue weighted by Crippen LogP contribution is -2.49. The van der Waals surface area contributed by atoms with E-state index in [1.165, 1.54) is 4.31 Å². The van der Waals surface area contributed by atoms with Gasteiger partial charge in [-0.1, -0.05) is 30.3 Å². The Balaban J connectivity index is 1.74. The lowest BCUT2D eigenvalue weighted by molar-refractivity contribution is 0.151. The minimum atomic E-state index is -3.54. The average Bonchev–Trinajstić information content (AvgIpc) is 2.98. The third-order valence-electron chi connectivity index (χ3n) is 4.45. The van der Waals surface area contributed by atoms with Crippen LogP contribution in [0, 0.1) is 6.92 Å². The molecule has 8 heteroatoms. The van der Waals surface area contributed by atoms with Gasteiger partial charge in [0, 0.05) is 38.9 Å². The van der Waals surface area contributed by atoms with Crippen LogP contribution in [-0.2, 0) is 16.6 Å². The van der Waals surface area contributed by atoms with E-state index in [1.807, 2.05) is 30.3 Å². The molecule has 1 saturated heterocycles. The monoisotopic (exact) mass is 364 g/mol. The fourth-order valence-corrected chi connectivity index (χ4v) is 4.67. The summed E-state index contributed by atoms with van der Waals surface area (Å²) >= 11 is 0. The minimum Gasteiger partial charge on any atom is -0.395 e. The van der Waals surface area contributed by atoms with Crippen LogP contribution in [0.4, 0.5) is 0 Å². The van der Waals surface area contributed by atoms with Gasteiger partial charge in [-0.25, -0.2) is 8.42 Å². The molecular formula is C17H24N4O3S. The zero-order chi connectivity index (χ0) is 17.9. The largest absolute Gasteiger partial charge is 0.395 e. The van der Waals surface area contributed by atoms with Gasteiger partial charge in [0.1, 0.15) is 4.90 Å². The van der Waals surface area contributed by atoms with E-state index in [0.29, 0.717) is 45.0 Å². The molecule has 1 fully saturated rings. The first kappa shape index (κ1) is 18.1. The lowest BCUT2D eigenvalue weighted by Gasteiger charge is -2.33. The number of piperazine rings is 1. The van der Waals surface area contributed by atoms with Gasteiger partial charge in [-0.2, -0.15) is 9.40 Å². The van der Waals surface area contributed by atoms with Crippen molar-refractivity contribution < 1.29 is 13.5 Å². The predicted molar refractivity (Wildman–Crippen MR) is 94.8 cm³/mol. The fourth-order valence-electron chi connectivity index (χ4n) is 3.08. The van der Waals surface area contributed by atoms with E-state index in [4.69, 9.17) is 5.11 Å². The standard InChI is InChI=1S/C17H24N4O3S/c1-15-17(14-20(18-15)13-16-5-3-2-4-6-16)25(23,24)21-9-7-19(8-10-21)11-12-22/h2-6,14,22H,7-13H2,1H3. The maximum Gasteiger partial charge on any atom is 0.246 e. The lowest BCUT2D eigenvalue weighted by atomic mass is 10.2. The molecule has 2 heterocycles. The van der Waals surface area contributed by atoms with E-state index in [1.54, 1.807) is 17.8 Å². The summed E-state index contributed by atoms with van der Waals surface area (Å²) in [6.45, 7) is 5.10. The first-order valence-electron chi connectivity index (χ1n) is 8.42. The molecule has 25 heavy (non-hydrogen) atoms. The number of aliphatic hydroxyl groups excluding tert-OH is 1. The Morgan fingerprint density at radius 2 is 1.80 bits per heavy atom. The van der Waals surface area contributed by atoms with Gasteiger partial charge in [0.05, 0.1) is 18.8 Å². The summed E-state index contributed by atoms with van der Waals surface area (Å²) in [7, 11) is -3.54. The van der Waals surface area contributed by atoms with Crippen LogP contribution in [0.15, 0.2) is 41.4 Å². The zero-order valence-corrected chi connectivity index (χ0v) is 15.2. The van der Waals surface area contributed by atoms with Gasteiger partial charge in [0.25, 0.3) is 0 Å². The van der Waals surface area contributed by atoms with Crippen molar-refractivity contribution in [3.05, 3.63) is 47.8 Å². The van der Waals surface area contributed by atoms with Crippen LogP contribution < -0.4 is 0 Å². The van der Waals surface area contributed by atoms with Crippen LogP contribution in [0.3, 0.4) is 0 Å². The van der Waals surface area contributed by atoms with Gasteiger partial charge in [-0.15, -0.1) is 0 Å². The van der Waals surface area contributed by atoms with Gasteiger partial charge in [-0.3, -0.25) is 9.58 Å². The van der Waals surface area contributed by atoms with Crippen molar-refractivity contribution in [1.29, 1.82) is 0 Å². The molecule has 0 radical (unpaired) electrons. The summed E-state index contributed by atoms with van der Waals surface area (Å²) in [5.74, 6) is 0. The van der Waals surface area contributed by atoms with E-state index in [9.17, 15) is 8.42 Å². The summed E-state index contributed by atoms with van der Waals surface area (Å²) in [6, 6.07) is 9.84. The van der Waals surface area contributed by atoms with E-state index >= 15 is 0 Å². The Kier molecular flexibility index (Phi) is 5.53. The summed E-state index contributed by atoms with van der Waals surface area (Å²) < 4.78 is 29.1. The fraction of sp³-hybridized carbons (Fsp3) is 0.471. The summed E-state index contributed by atoms with van der Waals surface area (Å²) in [5, 5.41) is 13.4. The number of hydrogen-bond donors (Lipinski definition) is 1. The first-order chi connectivity index (χ1) is 12.0. The molecule has 1 aromatic carbocycles. The van der Waals surface area contributed by atoms with Crippen molar-refractivity contribution >= 4 is 10.0 Å². The summed E-state index contributed by atoms with van der Waals surface area (Å²) in [6.07, 6.45) is 1.62. The van der Waals surface area contributed by atoms with E-state index in [-0.39, 0.29) is 11.5 Å². The molecule has 1 aliphatic heterocycles. The number of aryl methyl sites for hydroxylation is 1. The third kappa shape index (κ3) is 4.09. The quantitative estimate of drug-likeness (QED) is 0.809. The van der Waals surface area contributed by atoms with E-state index in [2.05, 4.69) is 10.00 Å². The minimum absolute atomic E-state index is 0.0954. The van der Waals surface area contributed by atoms with Gasteiger partial charge >= 0.3 is 0 Å². The van der Waals surface area contributed by atoms with Gasteiger partial charge in [0.2, 0.25) is 10.0 Å². The second-order valence-electron chi connectivity index (χ2n) is 6.23. The molecule has 7 nitrogen and oxygen atoms in total. The normalized spacial score (nSPS) is 17.0.